The number of pyridine rings is 1. The standard InChI is InChI=1S/C15H10N2O2/c18-9-10-4-1-2-5-11(10)14(19)13-8-17-15-12(13)6-3-7-16-15/h1-9H,(H,16,17). The van der Waals surface area contributed by atoms with Gasteiger partial charge in [0.1, 0.15) is 5.65 Å². The van der Waals surface area contributed by atoms with Crippen LogP contribution in [0.15, 0.2) is 48.8 Å². The van der Waals surface area contributed by atoms with Crippen LogP contribution in [0.1, 0.15) is 26.3 Å². The number of hydrogen-bond acceptors (Lipinski definition) is 3. The zero-order valence-corrected chi connectivity index (χ0v) is 9.96. The molecular weight excluding hydrogens is 240 g/mol. The minimum Gasteiger partial charge on any atom is -0.345 e. The van der Waals surface area contributed by atoms with Gasteiger partial charge in [0.15, 0.2) is 12.1 Å². The largest absolute Gasteiger partial charge is 0.345 e. The van der Waals surface area contributed by atoms with E-state index in [0.717, 1.165) is 5.39 Å². The van der Waals surface area contributed by atoms with Gasteiger partial charge >= 0.3 is 0 Å². The Labute approximate surface area is 109 Å². The molecule has 0 radical (unpaired) electrons. The van der Waals surface area contributed by atoms with Crippen molar-refractivity contribution in [2.24, 2.45) is 0 Å². The average Bonchev–Trinajstić information content (AvgIpc) is 2.90. The number of aromatic nitrogens is 2. The highest BCUT2D eigenvalue weighted by atomic mass is 16.1. The Bertz CT molecular complexity index is 774. The van der Waals surface area contributed by atoms with Crippen molar-refractivity contribution >= 4 is 23.1 Å². The zero-order chi connectivity index (χ0) is 13.2. The number of H-pyrrole nitrogens is 1. The van der Waals surface area contributed by atoms with Crippen LogP contribution in [-0.4, -0.2) is 22.0 Å². The number of aromatic amines is 1. The maximum atomic E-state index is 12.5. The van der Waals surface area contributed by atoms with E-state index in [1.807, 2.05) is 6.07 Å². The number of carbonyl (C=O) groups excluding carboxylic acids is 2. The highest BCUT2D eigenvalue weighted by molar-refractivity contribution is 6.18. The van der Waals surface area contributed by atoms with Gasteiger partial charge in [0.05, 0.1) is 0 Å². The van der Waals surface area contributed by atoms with E-state index in [9.17, 15) is 9.59 Å². The molecular formula is C15H10N2O2. The summed E-state index contributed by atoms with van der Waals surface area (Å²) in [4.78, 5) is 30.6. The first-order valence-electron chi connectivity index (χ1n) is 5.82. The van der Waals surface area contributed by atoms with Crippen molar-refractivity contribution in [3.8, 4) is 0 Å². The van der Waals surface area contributed by atoms with E-state index >= 15 is 0 Å². The van der Waals surface area contributed by atoms with Crippen molar-refractivity contribution in [3.63, 3.8) is 0 Å². The number of hydrogen-bond donors (Lipinski definition) is 1. The van der Waals surface area contributed by atoms with E-state index in [-0.39, 0.29) is 5.78 Å². The number of aldehydes is 1. The van der Waals surface area contributed by atoms with E-state index in [0.29, 0.717) is 28.6 Å². The van der Waals surface area contributed by atoms with Crippen molar-refractivity contribution < 1.29 is 9.59 Å². The summed E-state index contributed by atoms with van der Waals surface area (Å²) in [7, 11) is 0. The number of rotatable bonds is 3. The predicted octanol–water partition coefficient (Wildman–Crippen LogP) is 2.61. The monoisotopic (exact) mass is 250 g/mol. The minimum absolute atomic E-state index is 0.179. The molecule has 0 unspecified atom stereocenters. The second-order valence-electron chi connectivity index (χ2n) is 4.14. The lowest BCUT2D eigenvalue weighted by molar-refractivity contribution is 0.103. The number of nitrogens with one attached hydrogen (secondary N) is 1. The molecule has 0 saturated heterocycles. The SMILES string of the molecule is O=Cc1ccccc1C(=O)c1c[nH]c2ncccc12. The van der Waals surface area contributed by atoms with Crippen molar-refractivity contribution in [1.29, 1.82) is 0 Å². The van der Waals surface area contributed by atoms with Crippen molar-refractivity contribution in [2.75, 3.05) is 0 Å². The summed E-state index contributed by atoms with van der Waals surface area (Å²) < 4.78 is 0. The van der Waals surface area contributed by atoms with Crippen LogP contribution in [0.2, 0.25) is 0 Å². The third-order valence-electron chi connectivity index (χ3n) is 3.03. The average molecular weight is 250 g/mol. The van der Waals surface area contributed by atoms with E-state index in [1.54, 1.807) is 42.7 Å². The van der Waals surface area contributed by atoms with Crippen LogP contribution in [0.25, 0.3) is 11.0 Å². The van der Waals surface area contributed by atoms with E-state index in [2.05, 4.69) is 9.97 Å². The fraction of sp³-hybridized carbons (Fsp3) is 0. The fourth-order valence-corrected chi connectivity index (χ4v) is 2.10. The normalized spacial score (nSPS) is 10.5. The molecule has 19 heavy (non-hydrogen) atoms. The Hall–Kier alpha value is -2.75. The van der Waals surface area contributed by atoms with Gasteiger partial charge in [-0.15, -0.1) is 0 Å². The molecule has 3 rings (SSSR count). The minimum atomic E-state index is -0.179. The second-order valence-corrected chi connectivity index (χ2v) is 4.14. The van der Waals surface area contributed by atoms with Crippen LogP contribution in [-0.2, 0) is 0 Å². The maximum Gasteiger partial charge on any atom is 0.195 e. The Morgan fingerprint density at radius 2 is 1.95 bits per heavy atom. The zero-order valence-electron chi connectivity index (χ0n) is 9.96. The number of carbonyl (C=O) groups is 2. The molecule has 0 amide bonds. The molecule has 1 aromatic carbocycles. The first kappa shape index (κ1) is 11.3. The second kappa shape index (κ2) is 4.49. The van der Waals surface area contributed by atoms with Gasteiger partial charge in [0.25, 0.3) is 0 Å². The third kappa shape index (κ3) is 1.83. The summed E-state index contributed by atoms with van der Waals surface area (Å²) in [6, 6.07) is 10.4. The highest BCUT2D eigenvalue weighted by Gasteiger charge is 2.16. The predicted molar refractivity (Wildman–Crippen MR) is 71.4 cm³/mol. The summed E-state index contributed by atoms with van der Waals surface area (Å²) in [5, 5.41) is 0.758. The molecule has 0 aliphatic heterocycles. The topological polar surface area (TPSA) is 62.8 Å². The van der Waals surface area contributed by atoms with Gasteiger partial charge in [-0.1, -0.05) is 24.3 Å². The Kier molecular flexibility index (Phi) is 2.68. The summed E-state index contributed by atoms with van der Waals surface area (Å²) in [6.07, 6.45) is 3.98. The highest BCUT2D eigenvalue weighted by Crippen LogP contribution is 2.20. The molecule has 0 fully saturated rings. The van der Waals surface area contributed by atoms with Gasteiger partial charge in [0, 0.05) is 34.5 Å². The summed E-state index contributed by atoms with van der Waals surface area (Å²) in [5.74, 6) is -0.179. The number of benzene rings is 1. The van der Waals surface area contributed by atoms with Gasteiger partial charge in [-0.2, -0.15) is 0 Å². The Morgan fingerprint density at radius 1 is 1.11 bits per heavy atom. The molecule has 1 N–H and O–H groups in total. The van der Waals surface area contributed by atoms with Crippen LogP contribution in [0.3, 0.4) is 0 Å². The lowest BCUT2D eigenvalue weighted by atomic mass is 9.99. The van der Waals surface area contributed by atoms with Crippen molar-refractivity contribution in [1.82, 2.24) is 9.97 Å². The van der Waals surface area contributed by atoms with Gasteiger partial charge < -0.3 is 4.98 Å². The maximum absolute atomic E-state index is 12.5. The summed E-state index contributed by atoms with van der Waals surface area (Å²) >= 11 is 0. The molecule has 0 bridgehead atoms. The molecule has 4 heteroatoms. The lowest BCUT2D eigenvalue weighted by Gasteiger charge is -2.02. The molecule has 3 aromatic rings. The van der Waals surface area contributed by atoms with Gasteiger partial charge in [-0.05, 0) is 12.1 Å². The molecule has 0 aliphatic carbocycles. The Morgan fingerprint density at radius 3 is 2.79 bits per heavy atom. The van der Waals surface area contributed by atoms with Crippen LogP contribution >= 0.6 is 0 Å². The molecule has 2 heterocycles. The summed E-state index contributed by atoms with van der Waals surface area (Å²) in [6.45, 7) is 0. The van der Waals surface area contributed by atoms with Gasteiger partial charge in [-0.25, -0.2) is 4.98 Å². The van der Waals surface area contributed by atoms with Crippen molar-refractivity contribution in [3.05, 3.63) is 65.5 Å². The number of fused-ring (bicyclic) bond motifs is 1. The first-order chi connectivity index (χ1) is 9.31. The molecule has 4 nitrogen and oxygen atoms in total. The van der Waals surface area contributed by atoms with Crippen molar-refractivity contribution in [2.45, 2.75) is 0 Å². The molecule has 0 aliphatic rings. The lowest BCUT2D eigenvalue weighted by Crippen LogP contribution is -2.04. The smallest absolute Gasteiger partial charge is 0.195 e. The molecule has 0 spiro atoms. The number of nitrogens with zero attached hydrogens (tertiary/aromatic N) is 1. The third-order valence-corrected chi connectivity index (χ3v) is 3.03. The molecule has 92 valence electrons. The van der Waals surface area contributed by atoms with Crippen LogP contribution < -0.4 is 0 Å². The van der Waals surface area contributed by atoms with Crippen LogP contribution in [0.4, 0.5) is 0 Å². The first-order valence-corrected chi connectivity index (χ1v) is 5.82. The molecule has 0 saturated carbocycles. The number of ketones is 1. The van der Waals surface area contributed by atoms with Gasteiger partial charge in [-0.3, -0.25) is 9.59 Å². The van der Waals surface area contributed by atoms with Crippen LogP contribution in [0, 0.1) is 0 Å². The van der Waals surface area contributed by atoms with Crippen LogP contribution in [0.5, 0.6) is 0 Å². The quantitative estimate of drug-likeness (QED) is 0.574. The van der Waals surface area contributed by atoms with Gasteiger partial charge in [0.2, 0.25) is 0 Å². The van der Waals surface area contributed by atoms with E-state index < -0.39 is 0 Å². The fourth-order valence-electron chi connectivity index (χ4n) is 2.10. The van der Waals surface area contributed by atoms with E-state index in [4.69, 9.17) is 0 Å². The molecule has 2 aromatic heterocycles. The summed E-state index contributed by atoms with van der Waals surface area (Å²) in [5.41, 5.74) is 1.99. The van der Waals surface area contributed by atoms with E-state index in [1.165, 1.54) is 0 Å². The Balaban J connectivity index is 2.16. The molecule has 0 atom stereocenters.